The van der Waals surface area contributed by atoms with Gasteiger partial charge in [0.15, 0.2) is 0 Å². The van der Waals surface area contributed by atoms with E-state index in [9.17, 15) is 0 Å². The molecule has 0 saturated carbocycles. The van der Waals surface area contributed by atoms with Crippen LogP contribution in [-0.2, 0) is 0 Å². The minimum atomic E-state index is 1.35. The standard InChI is InChI=1S/C19H12/c1-11-5-9-16-15-4-2-3-12-6-7-13-8-10-14(11)19(16)18(13)17(12)15/h2-10H,1H3. The highest BCUT2D eigenvalue weighted by atomic mass is 14.2. The normalized spacial score (nSPS) is 12.5. The van der Waals surface area contributed by atoms with Gasteiger partial charge < -0.3 is 0 Å². The second-order valence-electron chi connectivity index (χ2n) is 5.49. The highest BCUT2D eigenvalue weighted by Gasteiger charge is 2.20. The van der Waals surface area contributed by atoms with Gasteiger partial charge in [-0.05, 0) is 55.9 Å². The van der Waals surface area contributed by atoms with E-state index >= 15 is 0 Å². The summed E-state index contributed by atoms with van der Waals surface area (Å²) in [6, 6.07) is 20.2. The molecule has 0 bridgehead atoms. The van der Waals surface area contributed by atoms with Crippen molar-refractivity contribution in [1.82, 2.24) is 0 Å². The minimum Gasteiger partial charge on any atom is -0.0610 e. The van der Waals surface area contributed by atoms with Gasteiger partial charge in [-0.2, -0.15) is 0 Å². The quantitative estimate of drug-likeness (QED) is 0.316. The molecule has 4 aromatic rings. The van der Waals surface area contributed by atoms with Crippen LogP contribution in [0.3, 0.4) is 0 Å². The van der Waals surface area contributed by atoms with Crippen LogP contribution in [0.15, 0.2) is 54.6 Å². The first-order valence-corrected chi connectivity index (χ1v) is 6.73. The summed E-state index contributed by atoms with van der Waals surface area (Å²) < 4.78 is 0. The molecule has 0 fully saturated rings. The minimum absolute atomic E-state index is 1.35. The van der Waals surface area contributed by atoms with Crippen molar-refractivity contribution >= 4 is 32.3 Å². The lowest BCUT2D eigenvalue weighted by Gasteiger charge is -2.06. The SMILES string of the molecule is Cc1ccc2c3c1ccc1ccc4cccc-2c4c13. The average Bonchev–Trinajstić information content (AvgIpc) is 2.79. The molecule has 88 valence electrons. The summed E-state index contributed by atoms with van der Waals surface area (Å²) in [4.78, 5) is 0. The molecule has 0 saturated heterocycles. The molecule has 1 aliphatic rings. The Kier molecular flexibility index (Phi) is 1.50. The molecule has 0 radical (unpaired) electrons. The van der Waals surface area contributed by atoms with E-state index in [1.807, 2.05) is 0 Å². The van der Waals surface area contributed by atoms with E-state index in [2.05, 4.69) is 61.5 Å². The van der Waals surface area contributed by atoms with Crippen LogP contribution in [0.1, 0.15) is 5.56 Å². The van der Waals surface area contributed by atoms with Gasteiger partial charge >= 0.3 is 0 Å². The maximum atomic E-state index is 2.28. The van der Waals surface area contributed by atoms with E-state index < -0.39 is 0 Å². The zero-order valence-corrected chi connectivity index (χ0v) is 10.7. The molecular weight excluding hydrogens is 228 g/mol. The Labute approximate surface area is 111 Å². The summed E-state index contributed by atoms with van der Waals surface area (Å²) >= 11 is 0. The Balaban J connectivity index is 2.28. The molecule has 0 N–H and O–H groups in total. The molecule has 0 atom stereocenters. The van der Waals surface area contributed by atoms with Gasteiger partial charge in [0.1, 0.15) is 0 Å². The molecule has 0 amide bonds. The number of hydrogen-bond acceptors (Lipinski definition) is 0. The lowest BCUT2D eigenvalue weighted by Crippen LogP contribution is -1.80. The van der Waals surface area contributed by atoms with Gasteiger partial charge in [0.05, 0.1) is 0 Å². The van der Waals surface area contributed by atoms with Gasteiger partial charge in [-0.25, -0.2) is 0 Å². The molecule has 1 aliphatic carbocycles. The smallest absolute Gasteiger partial charge is 0.00142 e. The molecule has 19 heavy (non-hydrogen) atoms. The van der Waals surface area contributed by atoms with Crippen molar-refractivity contribution in [2.24, 2.45) is 0 Å². The fourth-order valence-corrected chi connectivity index (χ4v) is 3.63. The summed E-state index contributed by atoms with van der Waals surface area (Å²) in [5, 5.41) is 8.44. The molecule has 0 heterocycles. The van der Waals surface area contributed by atoms with Crippen molar-refractivity contribution in [1.29, 1.82) is 0 Å². The van der Waals surface area contributed by atoms with Crippen molar-refractivity contribution in [2.75, 3.05) is 0 Å². The average molecular weight is 240 g/mol. The zero-order chi connectivity index (χ0) is 12.6. The second-order valence-corrected chi connectivity index (χ2v) is 5.49. The molecule has 0 aromatic heterocycles. The Morgan fingerprint density at radius 2 is 1.32 bits per heavy atom. The number of hydrogen-bond donors (Lipinski definition) is 0. The van der Waals surface area contributed by atoms with Crippen molar-refractivity contribution in [2.45, 2.75) is 6.92 Å². The van der Waals surface area contributed by atoms with Crippen LogP contribution in [0.2, 0.25) is 0 Å². The third-order valence-electron chi connectivity index (χ3n) is 4.51. The van der Waals surface area contributed by atoms with Gasteiger partial charge in [-0.3, -0.25) is 0 Å². The first-order valence-electron chi connectivity index (χ1n) is 6.73. The van der Waals surface area contributed by atoms with Crippen LogP contribution in [0, 0.1) is 6.92 Å². The van der Waals surface area contributed by atoms with Crippen molar-refractivity contribution < 1.29 is 0 Å². The van der Waals surface area contributed by atoms with Crippen LogP contribution in [-0.4, -0.2) is 0 Å². The summed E-state index contributed by atoms with van der Waals surface area (Å²) in [6.07, 6.45) is 0. The van der Waals surface area contributed by atoms with Gasteiger partial charge in [-0.1, -0.05) is 54.6 Å². The lowest BCUT2D eigenvalue weighted by molar-refractivity contribution is 1.54. The summed E-state index contributed by atoms with van der Waals surface area (Å²) in [5.74, 6) is 0. The van der Waals surface area contributed by atoms with Crippen LogP contribution in [0.4, 0.5) is 0 Å². The van der Waals surface area contributed by atoms with Gasteiger partial charge in [0, 0.05) is 0 Å². The van der Waals surface area contributed by atoms with Crippen molar-refractivity contribution in [3.63, 3.8) is 0 Å². The second kappa shape index (κ2) is 2.97. The molecule has 4 aromatic carbocycles. The molecule has 0 nitrogen and oxygen atoms in total. The molecule has 0 spiro atoms. The molecule has 0 heteroatoms. The highest BCUT2D eigenvalue weighted by Crippen LogP contribution is 2.47. The number of fused-ring (bicyclic) bond motifs is 1. The van der Waals surface area contributed by atoms with E-state index in [1.54, 1.807) is 0 Å². The molecule has 0 aliphatic heterocycles. The van der Waals surface area contributed by atoms with Crippen molar-refractivity contribution in [3.8, 4) is 11.1 Å². The lowest BCUT2D eigenvalue weighted by atomic mass is 9.98. The highest BCUT2D eigenvalue weighted by molar-refractivity contribution is 6.33. The number of aryl methyl sites for hydroxylation is 1. The molecule has 0 unspecified atom stereocenters. The van der Waals surface area contributed by atoms with Gasteiger partial charge in [-0.15, -0.1) is 0 Å². The summed E-state index contributed by atoms with van der Waals surface area (Å²) in [6.45, 7) is 2.20. The topological polar surface area (TPSA) is 0 Å². The fraction of sp³-hybridized carbons (Fsp3) is 0.0526. The molecular formula is C19H12. The van der Waals surface area contributed by atoms with Gasteiger partial charge in [0.25, 0.3) is 0 Å². The summed E-state index contributed by atoms with van der Waals surface area (Å²) in [5.41, 5.74) is 4.16. The Bertz CT molecular complexity index is 1010. The van der Waals surface area contributed by atoms with E-state index in [4.69, 9.17) is 0 Å². The zero-order valence-electron chi connectivity index (χ0n) is 10.7. The number of rotatable bonds is 0. The van der Waals surface area contributed by atoms with Crippen LogP contribution in [0.25, 0.3) is 43.4 Å². The Morgan fingerprint density at radius 1 is 0.579 bits per heavy atom. The van der Waals surface area contributed by atoms with E-state index in [0.717, 1.165) is 0 Å². The monoisotopic (exact) mass is 240 g/mol. The van der Waals surface area contributed by atoms with Crippen LogP contribution in [0.5, 0.6) is 0 Å². The first-order chi connectivity index (χ1) is 9.34. The van der Waals surface area contributed by atoms with Crippen LogP contribution >= 0.6 is 0 Å². The maximum absolute atomic E-state index is 2.28. The van der Waals surface area contributed by atoms with Gasteiger partial charge in [0.2, 0.25) is 0 Å². The van der Waals surface area contributed by atoms with E-state index in [0.29, 0.717) is 0 Å². The van der Waals surface area contributed by atoms with E-state index in [-0.39, 0.29) is 0 Å². The maximum Gasteiger partial charge on any atom is -0.00142 e. The number of benzene rings is 4. The summed E-state index contributed by atoms with van der Waals surface area (Å²) in [7, 11) is 0. The first kappa shape index (κ1) is 9.57. The Morgan fingerprint density at radius 3 is 2.21 bits per heavy atom. The fourth-order valence-electron chi connectivity index (χ4n) is 3.63. The van der Waals surface area contributed by atoms with Crippen LogP contribution < -0.4 is 0 Å². The Hall–Kier alpha value is -2.34. The largest absolute Gasteiger partial charge is 0.0610 e. The predicted molar refractivity (Wildman–Crippen MR) is 82.7 cm³/mol. The predicted octanol–water partition coefficient (Wildman–Crippen LogP) is 5.44. The van der Waals surface area contributed by atoms with Crippen molar-refractivity contribution in [3.05, 3.63) is 60.2 Å². The third kappa shape index (κ3) is 0.978. The molecule has 5 rings (SSSR count). The van der Waals surface area contributed by atoms with E-state index in [1.165, 1.54) is 49.0 Å². The third-order valence-corrected chi connectivity index (χ3v) is 4.51.